The number of hydrazone groups is 1. The molecule has 0 spiro atoms. The standard InChI is InChI=1S/C26H32FN5O4/c1-34-15-18-13-28-26(29-14-18)31-7-4-19(5-8-31)23-10-20(23)6-9-36-22-3-2-21(24(27)12-22)11-25(33)32-17-35-16-30-32/h2-3,12-14,16,19-20,23H,4-11,15,17H2,1H3/t20-,23-/m0/s1. The fourth-order valence-corrected chi connectivity index (χ4v) is 5.17. The molecule has 2 aliphatic heterocycles. The van der Waals surface area contributed by atoms with Gasteiger partial charge < -0.3 is 19.1 Å². The Balaban J connectivity index is 1.01. The number of ether oxygens (including phenoxy) is 3. The molecule has 1 saturated carbocycles. The number of rotatable bonds is 10. The van der Waals surface area contributed by atoms with Crippen molar-refractivity contribution in [3.05, 3.63) is 47.5 Å². The van der Waals surface area contributed by atoms with Crippen LogP contribution in [0.4, 0.5) is 10.3 Å². The summed E-state index contributed by atoms with van der Waals surface area (Å²) >= 11 is 0. The summed E-state index contributed by atoms with van der Waals surface area (Å²) in [6.07, 6.45) is 9.35. The zero-order chi connectivity index (χ0) is 24.9. The first-order valence-electron chi connectivity index (χ1n) is 12.5. The van der Waals surface area contributed by atoms with Crippen LogP contribution in [0.1, 0.15) is 36.8 Å². The predicted octanol–water partition coefficient (Wildman–Crippen LogP) is 3.39. The van der Waals surface area contributed by atoms with Gasteiger partial charge in [-0.3, -0.25) is 4.79 Å². The van der Waals surface area contributed by atoms with Crippen molar-refractivity contribution in [2.24, 2.45) is 22.9 Å². The quantitative estimate of drug-likeness (QED) is 0.497. The molecule has 9 nitrogen and oxygen atoms in total. The van der Waals surface area contributed by atoms with Crippen molar-refractivity contribution in [3.63, 3.8) is 0 Å². The molecule has 1 aromatic heterocycles. The third-order valence-corrected chi connectivity index (χ3v) is 7.28. The molecule has 1 saturated heterocycles. The molecular weight excluding hydrogens is 465 g/mol. The van der Waals surface area contributed by atoms with Gasteiger partial charge in [0.1, 0.15) is 11.6 Å². The maximum Gasteiger partial charge on any atom is 0.250 e. The second-order valence-electron chi connectivity index (χ2n) is 9.69. The minimum Gasteiger partial charge on any atom is -0.493 e. The van der Waals surface area contributed by atoms with E-state index in [1.807, 2.05) is 12.4 Å². The van der Waals surface area contributed by atoms with Crippen LogP contribution in [-0.2, 0) is 27.3 Å². The summed E-state index contributed by atoms with van der Waals surface area (Å²) in [5.41, 5.74) is 1.30. The Morgan fingerprint density at radius 2 is 2.03 bits per heavy atom. The van der Waals surface area contributed by atoms with Gasteiger partial charge in [-0.05, 0) is 55.1 Å². The van der Waals surface area contributed by atoms with E-state index < -0.39 is 5.82 Å². The molecule has 2 fully saturated rings. The van der Waals surface area contributed by atoms with Gasteiger partial charge in [-0.25, -0.2) is 14.4 Å². The Hall–Kier alpha value is -3.27. The van der Waals surface area contributed by atoms with E-state index in [1.54, 1.807) is 19.2 Å². The number of amides is 1. The molecule has 3 heterocycles. The number of piperidine rings is 1. The molecule has 0 N–H and O–H groups in total. The van der Waals surface area contributed by atoms with Gasteiger partial charge in [0.05, 0.1) is 19.6 Å². The van der Waals surface area contributed by atoms with Crippen LogP contribution in [0.5, 0.6) is 5.75 Å². The molecular formula is C26H32FN5O4. The lowest BCUT2D eigenvalue weighted by Gasteiger charge is -2.32. The SMILES string of the molecule is COCc1cnc(N2CCC([C@@H]3C[C@@H]3CCOc3ccc(CC(=O)N4COC=N4)c(F)c3)CC2)nc1. The number of carbonyl (C=O) groups excluding carboxylic acids is 1. The van der Waals surface area contributed by atoms with Crippen LogP contribution in [0, 0.1) is 23.6 Å². The molecule has 2 aromatic rings. The van der Waals surface area contributed by atoms with E-state index in [9.17, 15) is 9.18 Å². The van der Waals surface area contributed by atoms with E-state index >= 15 is 0 Å². The van der Waals surface area contributed by atoms with Gasteiger partial charge in [0.15, 0.2) is 13.1 Å². The van der Waals surface area contributed by atoms with E-state index in [4.69, 9.17) is 14.2 Å². The lowest BCUT2D eigenvalue weighted by atomic mass is 9.90. The Labute approximate surface area is 210 Å². The molecule has 36 heavy (non-hydrogen) atoms. The van der Waals surface area contributed by atoms with Gasteiger partial charge in [-0.2, -0.15) is 5.01 Å². The third-order valence-electron chi connectivity index (χ3n) is 7.28. The molecule has 1 amide bonds. The summed E-state index contributed by atoms with van der Waals surface area (Å²) in [6.45, 7) is 3.14. The van der Waals surface area contributed by atoms with E-state index in [0.717, 1.165) is 55.7 Å². The number of hydrogen-bond donors (Lipinski definition) is 0. The maximum atomic E-state index is 14.5. The average molecular weight is 498 g/mol. The normalized spacial score (nSPS) is 21.5. The van der Waals surface area contributed by atoms with Crippen molar-refractivity contribution < 1.29 is 23.4 Å². The third kappa shape index (κ3) is 5.92. The zero-order valence-corrected chi connectivity index (χ0v) is 20.5. The summed E-state index contributed by atoms with van der Waals surface area (Å²) in [5, 5.41) is 4.96. The first-order valence-corrected chi connectivity index (χ1v) is 12.5. The molecule has 2 atom stereocenters. The highest BCUT2D eigenvalue weighted by molar-refractivity contribution is 5.79. The van der Waals surface area contributed by atoms with Crippen LogP contribution in [0.25, 0.3) is 0 Å². The van der Waals surface area contributed by atoms with E-state index in [2.05, 4.69) is 20.0 Å². The summed E-state index contributed by atoms with van der Waals surface area (Å²) in [5.74, 6) is 2.70. The van der Waals surface area contributed by atoms with Crippen LogP contribution in [-0.4, -0.2) is 60.8 Å². The van der Waals surface area contributed by atoms with Crippen LogP contribution >= 0.6 is 0 Å². The van der Waals surface area contributed by atoms with Gasteiger partial charge in [0.2, 0.25) is 11.9 Å². The van der Waals surface area contributed by atoms with Crippen LogP contribution in [0.3, 0.4) is 0 Å². The van der Waals surface area contributed by atoms with Crippen molar-refractivity contribution in [3.8, 4) is 5.75 Å². The van der Waals surface area contributed by atoms with E-state index in [-0.39, 0.29) is 19.1 Å². The van der Waals surface area contributed by atoms with Crippen LogP contribution < -0.4 is 9.64 Å². The van der Waals surface area contributed by atoms with Gasteiger partial charge in [-0.1, -0.05) is 6.07 Å². The molecule has 5 rings (SSSR count). The maximum absolute atomic E-state index is 14.5. The fraction of sp³-hybridized carbons (Fsp3) is 0.538. The number of benzene rings is 1. The van der Waals surface area contributed by atoms with Crippen LogP contribution in [0.15, 0.2) is 35.7 Å². The first-order chi connectivity index (χ1) is 17.6. The van der Waals surface area contributed by atoms with Gasteiger partial charge in [0.25, 0.3) is 0 Å². The number of carbonyl (C=O) groups is 1. The Morgan fingerprint density at radius 1 is 1.22 bits per heavy atom. The number of anilines is 1. The lowest BCUT2D eigenvalue weighted by Crippen LogP contribution is -2.35. The van der Waals surface area contributed by atoms with Crippen LogP contribution in [0.2, 0.25) is 0 Å². The lowest BCUT2D eigenvalue weighted by molar-refractivity contribution is -0.132. The first kappa shape index (κ1) is 24.4. The average Bonchev–Trinajstić information content (AvgIpc) is 3.44. The summed E-state index contributed by atoms with van der Waals surface area (Å²) in [4.78, 5) is 23.4. The van der Waals surface area contributed by atoms with E-state index in [1.165, 1.54) is 23.9 Å². The number of methoxy groups -OCH3 is 1. The molecule has 3 aliphatic rings. The minimum absolute atomic E-state index is 0.0688. The molecule has 1 aromatic carbocycles. The van der Waals surface area contributed by atoms with Crippen molar-refractivity contribution >= 4 is 18.3 Å². The summed E-state index contributed by atoms with van der Waals surface area (Å²) in [7, 11) is 1.67. The molecule has 0 bridgehead atoms. The Bertz CT molecular complexity index is 1070. The fourth-order valence-electron chi connectivity index (χ4n) is 5.17. The van der Waals surface area contributed by atoms with Crippen molar-refractivity contribution in [2.45, 2.75) is 38.7 Å². The Morgan fingerprint density at radius 3 is 2.72 bits per heavy atom. The number of halogens is 1. The predicted molar refractivity (Wildman–Crippen MR) is 131 cm³/mol. The van der Waals surface area contributed by atoms with Gasteiger partial charge in [0, 0.05) is 44.2 Å². The highest BCUT2D eigenvalue weighted by atomic mass is 19.1. The second-order valence-corrected chi connectivity index (χ2v) is 9.69. The number of aromatic nitrogens is 2. The zero-order valence-electron chi connectivity index (χ0n) is 20.5. The minimum atomic E-state index is -0.446. The van der Waals surface area contributed by atoms with Crippen molar-refractivity contribution in [1.82, 2.24) is 15.0 Å². The number of hydrogen-bond acceptors (Lipinski definition) is 8. The van der Waals surface area contributed by atoms with Crippen molar-refractivity contribution in [1.29, 1.82) is 0 Å². The molecule has 10 heteroatoms. The van der Waals surface area contributed by atoms with E-state index in [0.29, 0.717) is 30.4 Å². The highest BCUT2D eigenvalue weighted by Gasteiger charge is 2.43. The Kier molecular flexibility index (Phi) is 7.60. The monoisotopic (exact) mass is 497 g/mol. The molecule has 192 valence electrons. The second kappa shape index (κ2) is 11.2. The molecule has 0 unspecified atom stereocenters. The topological polar surface area (TPSA) is 89.4 Å². The summed E-state index contributed by atoms with van der Waals surface area (Å²) in [6, 6.07) is 4.68. The number of nitrogens with zero attached hydrogens (tertiary/aromatic N) is 5. The molecule has 1 aliphatic carbocycles. The smallest absolute Gasteiger partial charge is 0.250 e. The highest BCUT2D eigenvalue weighted by Crippen LogP contribution is 2.49. The van der Waals surface area contributed by atoms with Gasteiger partial charge in [-0.15, -0.1) is 5.10 Å². The van der Waals surface area contributed by atoms with Gasteiger partial charge >= 0.3 is 0 Å². The largest absolute Gasteiger partial charge is 0.493 e. The summed E-state index contributed by atoms with van der Waals surface area (Å²) < 4.78 is 30.3. The molecule has 0 radical (unpaired) electrons. The van der Waals surface area contributed by atoms with Crippen molar-refractivity contribution in [2.75, 3.05) is 38.4 Å².